The van der Waals surface area contributed by atoms with E-state index >= 15 is 0 Å². The van der Waals surface area contributed by atoms with E-state index in [9.17, 15) is 9.59 Å². The second-order valence-electron chi connectivity index (χ2n) is 5.60. The lowest BCUT2D eigenvalue weighted by molar-refractivity contribution is -0.134. The summed E-state index contributed by atoms with van der Waals surface area (Å²) < 4.78 is 5.39. The molecule has 0 aliphatic carbocycles. The van der Waals surface area contributed by atoms with Crippen LogP contribution >= 0.6 is 0 Å². The Bertz CT molecular complexity index is 586. The van der Waals surface area contributed by atoms with Gasteiger partial charge in [0.25, 0.3) is 0 Å². The van der Waals surface area contributed by atoms with Gasteiger partial charge in [0.1, 0.15) is 6.04 Å². The van der Waals surface area contributed by atoms with Crippen molar-refractivity contribution in [3.05, 3.63) is 12.3 Å². The number of amides is 2. The second-order valence-corrected chi connectivity index (χ2v) is 5.60. The number of ether oxygens (including phenoxy) is 1. The molecular weight excluding hydrogens is 298 g/mol. The third-order valence-electron chi connectivity index (χ3n) is 4.08. The van der Waals surface area contributed by atoms with Crippen LogP contribution in [0.4, 0.5) is 5.95 Å². The van der Waals surface area contributed by atoms with Crippen molar-refractivity contribution >= 4 is 17.8 Å². The highest BCUT2D eigenvalue weighted by molar-refractivity contribution is 5.90. The number of hydrogen-bond donors (Lipinski definition) is 1. The van der Waals surface area contributed by atoms with Gasteiger partial charge in [-0.05, 0) is 13.3 Å². The quantitative estimate of drug-likeness (QED) is 0.827. The average molecular weight is 319 g/mol. The Morgan fingerprint density at radius 1 is 1.39 bits per heavy atom. The fraction of sp³-hybridized carbons (Fsp3) is 0.600. The zero-order chi connectivity index (χ0) is 16.2. The van der Waals surface area contributed by atoms with E-state index in [0.717, 1.165) is 0 Å². The molecule has 2 aliphatic rings. The number of anilines is 1. The monoisotopic (exact) mass is 319 g/mol. The molecule has 8 heteroatoms. The van der Waals surface area contributed by atoms with Crippen LogP contribution in [0.1, 0.15) is 19.8 Å². The maximum atomic E-state index is 12.4. The molecule has 124 valence electrons. The van der Waals surface area contributed by atoms with Crippen molar-refractivity contribution < 1.29 is 14.3 Å². The molecule has 2 amide bonds. The zero-order valence-electron chi connectivity index (χ0n) is 13.2. The molecule has 0 bridgehead atoms. The van der Waals surface area contributed by atoms with Gasteiger partial charge in [-0.2, -0.15) is 4.98 Å². The molecule has 0 saturated carbocycles. The topological polar surface area (TPSA) is 87.7 Å². The molecule has 2 aliphatic heterocycles. The molecule has 0 aromatic carbocycles. The van der Waals surface area contributed by atoms with Crippen LogP contribution in [-0.4, -0.2) is 65.5 Å². The number of hydrogen-bond acceptors (Lipinski definition) is 6. The summed E-state index contributed by atoms with van der Waals surface area (Å²) in [6.07, 6.45) is 2.71. The number of rotatable bonds is 4. The van der Waals surface area contributed by atoms with Gasteiger partial charge in [-0.3, -0.25) is 9.59 Å². The van der Waals surface area contributed by atoms with Crippen molar-refractivity contribution in [1.82, 2.24) is 20.2 Å². The third kappa shape index (κ3) is 3.52. The lowest BCUT2D eigenvalue weighted by atomic mass is 10.2. The summed E-state index contributed by atoms with van der Waals surface area (Å²) in [6, 6.07) is 1.38. The molecule has 3 rings (SSSR count). The highest BCUT2D eigenvalue weighted by Crippen LogP contribution is 2.16. The molecule has 1 atom stereocenters. The number of carbonyl (C=O) groups is 2. The number of aromatic nitrogens is 2. The van der Waals surface area contributed by atoms with Crippen LogP contribution in [0, 0.1) is 0 Å². The average Bonchev–Trinajstić information content (AvgIpc) is 3.01. The highest BCUT2D eigenvalue weighted by Gasteiger charge is 2.32. The van der Waals surface area contributed by atoms with E-state index in [1.807, 2.05) is 11.8 Å². The smallest absolute Gasteiger partial charge is 0.245 e. The van der Waals surface area contributed by atoms with Gasteiger partial charge in [0.2, 0.25) is 23.6 Å². The minimum atomic E-state index is -0.355. The molecule has 3 heterocycles. The molecule has 1 aromatic heterocycles. The van der Waals surface area contributed by atoms with Crippen molar-refractivity contribution in [1.29, 1.82) is 0 Å². The fourth-order valence-electron chi connectivity index (χ4n) is 2.86. The van der Waals surface area contributed by atoms with Crippen LogP contribution in [0.3, 0.4) is 0 Å². The van der Waals surface area contributed by atoms with E-state index < -0.39 is 0 Å². The molecule has 0 unspecified atom stereocenters. The summed E-state index contributed by atoms with van der Waals surface area (Å²) in [7, 11) is 0. The van der Waals surface area contributed by atoms with Crippen molar-refractivity contribution in [3.63, 3.8) is 0 Å². The van der Waals surface area contributed by atoms with Crippen molar-refractivity contribution in [3.8, 4) is 5.88 Å². The summed E-state index contributed by atoms with van der Waals surface area (Å²) in [5.41, 5.74) is 0. The van der Waals surface area contributed by atoms with E-state index in [1.165, 1.54) is 0 Å². The van der Waals surface area contributed by atoms with Crippen LogP contribution in [-0.2, 0) is 9.59 Å². The third-order valence-corrected chi connectivity index (χ3v) is 4.08. The molecule has 23 heavy (non-hydrogen) atoms. The molecule has 0 radical (unpaired) electrons. The maximum Gasteiger partial charge on any atom is 0.245 e. The van der Waals surface area contributed by atoms with Gasteiger partial charge in [0.15, 0.2) is 0 Å². The Hall–Kier alpha value is -2.38. The summed E-state index contributed by atoms with van der Waals surface area (Å²) in [5, 5.41) is 2.73. The fourth-order valence-corrected chi connectivity index (χ4v) is 2.86. The summed E-state index contributed by atoms with van der Waals surface area (Å²) >= 11 is 0. The number of carbonyl (C=O) groups excluding carboxylic acids is 2. The van der Waals surface area contributed by atoms with Gasteiger partial charge in [-0.15, -0.1) is 0 Å². The molecule has 1 aromatic rings. The van der Waals surface area contributed by atoms with Crippen LogP contribution < -0.4 is 15.0 Å². The highest BCUT2D eigenvalue weighted by atomic mass is 16.5. The van der Waals surface area contributed by atoms with E-state index in [-0.39, 0.29) is 17.9 Å². The Kier molecular flexibility index (Phi) is 4.59. The summed E-state index contributed by atoms with van der Waals surface area (Å²) in [4.78, 5) is 36.1. The van der Waals surface area contributed by atoms with E-state index in [1.54, 1.807) is 17.2 Å². The Morgan fingerprint density at radius 2 is 2.17 bits per heavy atom. The van der Waals surface area contributed by atoms with Crippen molar-refractivity contribution in [2.75, 3.05) is 37.7 Å². The lowest BCUT2D eigenvalue weighted by Crippen LogP contribution is -2.53. The maximum absolute atomic E-state index is 12.4. The second kappa shape index (κ2) is 6.80. The van der Waals surface area contributed by atoms with Crippen LogP contribution in [0.5, 0.6) is 5.88 Å². The van der Waals surface area contributed by atoms with Gasteiger partial charge in [0.05, 0.1) is 6.61 Å². The first-order chi connectivity index (χ1) is 11.2. The number of nitrogens with one attached hydrogen (secondary N) is 1. The largest absolute Gasteiger partial charge is 0.478 e. The standard InChI is InChI=1S/C15H21N5O3/c1-2-23-13-5-6-16-15(18-13)20-9-7-19(8-10-20)14(22)11-3-4-12(21)17-11/h5-6,11H,2-4,7-10H2,1H3,(H,17,21)/t11-/m1/s1. The SMILES string of the molecule is CCOc1ccnc(N2CCN(C(=O)[C@H]3CCC(=O)N3)CC2)n1. The molecule has 2 fully saturated rings. The van der Waals surface area contributed by atoms with Crippen LogP contribution in [0.2, 0.25) is 0 Å². The van der Waals surface area contributed by atoms with E-state index in [4.69, 9.17) is 4.74 Å². The molecule has 2 saturated heterocycles. The summed E-state index contributed by atoms with van der Waals surface area (Å²) in [6.45, 7) is 5.02. The minimum absolute atomic E-state index is 0.0134. The van der Waals surface area contributed by atoms with Crippen molar-refractivity contribution in [2.45, 2.75) is 25.8 Å². The van der Waals surface area contributed by atoms with Gasteiger partial charge in [-0.25, -0.2) is 4.98 Å². The molecule has 1 N–H and O–H groups in total. The van der Waals surface area contributed by atoms with E-state index in [0.29, 0.717) is 57.5 Å². The molecule has 0 spiro atoms. The predicted octanol–water partition coefficient (Wildman–Crippen LogP) is -0.197. The van der Waals surface area contributed by atoms with Crippen LogP contribution in [0.15, 0.2) is 12.3 Å². The number of piperazine rings is 1. The number of nitrogens with zero attached hydrogens (tertiary/aromatic N) is 4. The Morgan fingerprint density at radius 3 is 2.83 bits per heavy atom. The van der Waals surface area contributed by atoms with Gasteiger partial charge < -0.3 is 19.9 Å². The van der Waals surface area contributed by atoms with Crippen molar-refractivity contribution in [2.24, 2.45) is 0 Å². The summed E-state index contributed by atoms with van der Waals surface area (Å²) in [5.74, 6) is 1.16. The first-order valence-electron chi connectivity index (χ1n) is 7.96. The first kappa shape index (κ1) is 15.5. The Balaban J connectivity index is 1.57. The van der Waals surface area contributed by atoms with Gasteiger partial charge >= 0.3 is 0 Å². The normalized spacial score (nSPS) is 21.3. The zero-order valence-corrected chi connectivity index (χ0v) is 13.2. The molecule has 8 nitrogen and oxygen atoms in total. The van der Waals surface area contributed by atoms with E-state index in [2.05, 4.69) is 15.3 Å². The van der Waals surface area contributed by atoms with Gasteiger partial charge in [0, 0.05) is 44.9 Å². The van der Waals surface area contributed by atoms with Crippen LogP contribution in [0.25, 0.3) is 0 Å². The first-order valence-corrected chi connectivity index (χ1v) is 7.96. The predicted molar refractivity (Wildman–Crippen MR) is 83.2 cm³/mol. The lowest BCUT2D eigenvalue weighted by Gasteiger charge is -2.35. The molecular formula is C15H21N5O3. The Labute approximate surface area is 134 Å². The van der Waals surface area contributed by atoms with Gasteiger partial charge in [-0.1, -0.05) is 0 Å². The minimum Gasteiger partial charge on any atom is -0.478 e.